The van der Waals surface area contributed by atoms with Gasteiger partial charge < -0.3 is 20.5 Å². The molecule has 1 aliphatic heterocycles. The first-order valence-electron chi connectivity index (χ1n) is 4.76. The highest BCUT2D eigenvalue weighted by atomic mass is 16.7. The molecule has 5 nitrogen and oxygen atoms in total. The lowest BCUT2D eigenvalue weighted by Crippen LogP contribution is -2.42. The van der Waals surface area contributed by atoms with Crippen molar-refractivity contribution in [1.82, 2.24) is 5.32 Å². The van der Waals surface area contributed by atoms with E-state index >= 15 is 0 Å². The molecule has 0 aromatic carbocycles. The van der Waals surface area contributed by atoms with E-state index in [0.29, 0.717) is 13.2 Å². The number of ether oxygens (including phenoxy) is 2. The van der Waals surface area contributed by atoms with Gasteiger partial charge in [0.05, 0.1) is 12.6 Å². The van der Waals surface area contributed by atoms with E-state index in [1.54, 1.807) is 6.92 Å². The van der Waals surface area contributed by atoms with Crippen LogP contribution in [0, 0.1) is 0 Å². The molecule has 1 rings (SSSR count). The third-order valence-electron chi connectivity index (χ3n) is 1.98. The number of hydrogen-bond acceptors (Lipinski definition) is 4. The second kappa shape index (κ2) is 4.25. The Hall–Kier alpha value is -0.650. The fourth-order valence-electron chi connectivity index (χ4n) is 1.24. The van der Waals surface area contributed by atoms with Crippen LogP contribution in [-0.2, 0) is 14.3 Å². The van der Waals surface area contributed by atoms with Crippen molar-refractivity contribution < 1.29 is 14.3 Å². The molecular weight excluding hydrogens is 184 g/mol. The van der Waals surface area contributed by atoms with Gasteiger partial charge in [-0.05, 0) is 20.8 Å². The van der Waals surface area contributed by atoms with Gasteiger partial charge in [0, 0.05) is 6.54 Å². The summed E-state index contributed by atoms with van der Waals surface area (Å²) in [7, 11) is 0. The van der Waals surface area contributed by atoms with Crippen LogP contribution in [0.2, 0.25) is 0 Å². The Morgan fingerprint density at radius 2 is 2.36 bits per heavy atom. The number of nitrogens with two attached hydrogens (primary N) is 1. The zero-order chi connectivity index (χ0) is 10.8. The molecule has 0 spiro atoms. The van der Waals surface area contributed by atoms with E-state index in [0.717, 1.165) is 0 Å². The number of rotatable bonds is 3. The smallest absolute Gasteiger partial charge is 0.236 e. The topological polar surface area (TPSA) is 73.6 Å². The zero-order valence-electron chi connectivity index (χ0n) is 8.87. The van der Waals surface area contributed by atoms with Gasteiger partial charge in [-0.1, -0.05) is 0 Å². The summed E-state index contributed by atoms with van der Waals surface area (Å²) in [6.45, 7) is 6.29. The predicted molar refractivity (Wildman–Crippen MR) is 51.6 cm³/mol. The minimum absolute atomic E-state index is 0.0762. The van der Waals surface area contributed by atoms with Crippen LogP contribution in [0.3, 0.4) is 0 Å². The van der Waals surface area contributed by atoms with Crippen molar-refractivity contribution in [2.45, 2.75) is 38.7 Å². The lowest BCUT2D eigenvalue weighted by atomic mass is 10.3. The van der Waals surface area contributed by atoms with E-state index in [1.165, 1.54) is 0 Å². The van der Waals surface area contributed by atoms with Gasteiger partial charge in [0.1, 0.15) is 6.10 Å². The molecule has 2 atom stereocenters. The van der Waals surface area contributed by atoms with Gasteiger partial charge in [-0.25, -0.2) is 0 Å². The molecule has 0 aliphatic carbocycles. The molecule has 0 aromatic heterocycles. The number of hydrogen-bond donors (Lipinski definition) is 2. The number of carbonyl (C=O) groups is 1. The molecule has 1 saturated heterocycles. The van der Waals surface area contributed by atoms with Gasteiger partial charge in [-0.15, -0.1) is 0 Å². The summed E-state index contributed by atoms with van der Waals surface area (Å²) in [4.78, 5) is 11.1. The third kappa shape index (κ3) is 3.25. The van der Waals surface area contributed by atoms with E-state index in [9.17, 15) is 4.79 Å². The molecule has 1 fully saturated rings. The average molecular weight is 202 g/mol. The highest BCUT2D eigenvalue weighted by molar-refractivity contribution is 5.80. The van der Waals surface area contributed by atoms with Crippen molar-refractivity contribution in [1.29, 1.82) is 0 Å². The lowest BCUT2D eigenvalue weighted by Gasteiger charge is -2.17. The van der Waals surface area contributed by atoms with Crippen molar-refractivity contribution in [2.24, 2.45) is 5.73 Å². The van der Waals surface area contributed by atoms with Crippen molar-refractivity contribution in [3.05, 3.63) is 0 Å². The summed E-state index contributed by atoms with van der Waals surface area (Å²) in [5.41, 5.74) is 5.39. The van der Waals surface area contributed by atoms with Crippen LogP contribution >= 0.6 is 0 Å². The van der Waals surface area contributed by atoms with Crippen LogP contribution in [0.5, 0.6) is 0 Å². The summed E-state index contributed by atoms with van der Waals surface area (Å²) in [5, 5.41) is 2.69. The summed E-state index contributed by atoms with van der Waals surface area (Å²) in [5.74, 6) is -0.706. The van der Waals surface area contributed by atoms with Crippen LogP contribution in [0.15, 0.2) is 0 Å². The average Bonchev–Trinajstić information content (AvgIpc) is 2.41. The number of nitrogens with one attached hydrogen (secondary N) is 1. The molecule has 5 heteroatoms. The normalized spacial score (nSPS) is 27.3. The maximum atomic E-state index is 11.1. The van der Waals surface area contributed by atoms with Gasteiger partial charge >= 0.3 is 0 Å². The molecule has 14 heavy (non-hydrogen) atoms. The summed E-state index contributed by atoms with van der Waals surface area (Å²) in [6.07, 6.45) is -0.0762. The zero-order valence-corrected chi connectivity index (χ0v) is 8.87. The minimum atomic E-state index is -0.538. The van der Waals surface area contributed by atoms with E-state index in [1.807, 2.05) is 13.8 Å². The Labute approximate surface area is 83.9 Å². The summed E-state index contributed by atoms with van der Waals surface area (Å²) >= 11 is 0. The van der Waals surface area contributed by atoms with Gasteiger partial charge in [0.2, 0.25) is 5.91 Å². The van der Waals surface area contributed by atoms with Crippen LogP contribution in [0.25, 0.3) is 0 Å². The Kier molecular flexibility index (Phi) is 3.47. The van der Waals surface area contributed by atoms with E-state index < -0.39 is 11.8 Å². The fourth-order valence-corrected chi connectivity index (χ4v) is 1.24. The van der Waals surface area contributed by atoms with Crippen LogP contribution in [0.1, 0.15) is 20.8 Å². The van der Waals surface area contributed by atoms with Gasteiger partial charge in [0.15, 0.2) is 5.79 Å². The standard InChI is InChI=1S/C9H18N2O3/c1-6(10)8(12)11-4-7-5-13-9(2,3)14-7/h6-7H,4-5,10H2,1-3H3,(H,11,12)/t6-,7?/m0/s1. The largest absolute Gasteiger partial charge is 0.352 e. The molecule has 1 aliphatic rings. The maximum Gasteiger partial charge on any atom is 0.236 e. The molecule has 0 radical (unpaired) electrons. The number of amides is 1. The van der Waals surface area contributed by atoms with Crippen molar-refractivity contribution in [2.75, 3.05) is 13.2 Å². The third-order valence-corrected chi connectivity index (χ3v) is 1.98. The van der Waals surface area contributed by atoms with E-state index in [2.05, 4.69) is 5.32 Å². The van der Waals surface area contributed by atoms with E-state index in [4.69, 9.17) is 15.2 Å². The fraction of sp³-hybridized carbons (Fsp3) is 0.889. The molecule has 1 amide bonds. The molecule has 1 heterocycles. The first-order chi connectivity index (χ1) is 6.41. The monoisotopic (exact) mass is 202 g/mol. The van der Waals surface area contributed by atoms with Crippen LogP contribution < -0.4 is 11.1 Å². The van der Waals surface area contributed by atoms with Gasteiger partial charge in [-0.2, -0.15) is 0 Å². The predicted octanol–water partition coefficient (Wildman–Crippen LogP) is -0.399. The molecular formula is C9H18N2O3. The van der Waals surface area contributed by atoms with Crippen molar-refractivity contribution in [3.8, 4) is 0 Å². The van der Waals surface area contributed by atoms with Gasteiger partial charge in [-0.3, -0.25) is 4.79 Å². The first kappa shape index (κ1) is 11.4. The second-order valence-electron chi connectivity index (χ2n) is 3.98. The SMILES string of the molecule is C[C@H](N)C(=O)NCC1COC(C)(C)O1. The molecule has 0 bridgehead atoms. The first-order valence-corrected chi connectivity index (χ1v) is 4.76. The minimum Gasteiger partial charge on any atom is -0.352 e. The Bertz CT molecular complexity index is 216. The maximum absolute atomic E-state index is 11.1. The van der Waals surface area contributed by atoms with E-state index in [-0.39, 0.29) is 12.0 Å². The molecule has 1 unspecified atom stereocenters. The summed E-state index contributed by atoms with van der Waals surface area (Å²) < 4.78 is 10.8. The van der Waals surface area contributed by atoms with Crippen LogP contribution in [0.4, 0.5) is 0 Å². The summed E-state index contributed by atoms with van der Waals surface area (Å²) in [6, 6.07) is -0.481. The van der Waals surface area contributed by atoms with Crippen molar-refractivity contribution >= 4 is 5.91 Å². The Morgan fingerprint density at radius 3 is 2.79 bits per heavy atom. The molecule has 0 saturated carbocycles. The lowest BCUT2D eigenvalue weighted by molar-refractivity contribution is -0.139. The molecule has 0 aromatic rings. The Balaban J connectivity index is 2.24. The quantitative estimate of drug-likeness (QED) is 0.653. The highest BCUT2D eigenvalue weighted by Gasteiger charge is 2.32. The Morgan fingerprint density at radius 1 is 1.71 bits per heavy atom. The highest BCUT2D eigenvalue weighted by Crippen LogP contribution is 2.21. The van der Waals surface area contributed by atoms with Crippen molar-refractivity contribution in [3.63, 3.8) is 0 Å². The number of carbonyl (C=O) groups excluding carboxylic acids is 1. The van der Waals surface area contributed by atoms with Gasteiger partial charge in [0.25, 0.3) is 0 Å². The molecule has 82 valence electrons. The van der Waals surface area contributed by atoms with Crippen LogP contribution in [-0.4, -0.2) is 37.0 Å². The molecule has 3 N–H and O–H groups in total. The second-order valence-corrected chi connectivity index (χ2v) is 3.98.